The Bertz CT molecular complexity index is 587. The molecule has 1 unspecified atom stereocenters. The zero-order chi connectivity index (χ0) is 14.7. The van der Waals surface area contributed by atoms with Gasteiger partial charge in [-0.25, -0.2) is 0 Å². The normalized spacial score (nSPS) is 15.9. The van der Waals surface area contributed by atoms with Crippen molar-refractivity contribution >= 4 is 15.9 Å². The van der Waals surface area contributed by atoms with Crippen LogP contribution in [0.25, 0.3) is 0 Å². The van der Waals surface area contributed by atoms with Crippen molar-refractivity contribution in [2.45, 2.75) is 25.6 Å². The molecule has 0 amide bonds. The number of hydrogen-bond acceptors (Lipinski definition) is 2. The smallest absolute Gasteiger partial charge is 0.0341 e. The number of nitrogens with one attached hydrogen (secondary N) is 1. The molecule has 1 N–H and O–H groups in total. The van der Waals surface area contributed by atoms with Gasteiger partial charge in [0.2, 0.25) is 0 Å². The van der Waals surface area contributed by atoms with E-state index in [4.69, 9.17) is 0 Å². The highest BCUT2D eigenvalue weighted by Crippen LogP contribution is 2.27. The molecule has 0 bridgehead atoms. The number of hydrogen-bond donors (Lipinski definition) is 1. The van der Waals surface area contributed by atoms with Crippen molar-refractivity contribution < 1.29 is 0 Å². The monoisotopic (exact) mass is 344 g/mol. The molecule has 3 rings (SSSR count). The summed E-state index contributed by atoms with van der Waals surface area (Å²) < 4.78 is 1.19. The van der Waals surface area contributed by atoms with E-state index >= 15 is 0 Å². The summed E-state index contributed by atoms with van der Waals surface area (Å²) in [4.78, 5) is 2.53. The molecular formula is C18H21BrN2. The van der Waals surface area contributed by atoms with Crippen molar-refractivity contribution in [1.82, 2.24) is 10.2 Å². The van der Waals surface area contributed by atoms with Crippen LogP contribution in [0.2, 0.25) is 0 Å². The van der Waals surface area contributed by atoms with Gasteiger partial charge in [0.25, 0.3) is 0 Å². The summed E-state index contributed by atoms with van der Waals surface area (Å²) in [6, 6.07) is 17.7. The molecule has 0 radical (unpaired) electrons. The van der Waals surface area contributed by atoms with E-state index in [0.717, 1.165) is 26.1 Å². The minimum Gasteiger partial charge on any atom is -0.313 e. The third-order valence-corrected chi connectivity index (χ3v) is 4.99. The molecule has 1 aliphatic rings. The molecule has 21 heavy (non-hydrogen) atoms. The summed E-state index contributed by atoms with van der Waals surface area (Å²) in [5, 5.41) is 3.45. The Morgan fingerprint density at radius 1 is 1.05 bits per heavy atom. The average Bonchev–Trinajstić information content (AvgIpc) is 2.92. The van der Waals surface area contributed by atoms with E-state index in [1.165, 1.54) is 21.2 Å². The van der Waals surface area contributed by atoms with Gasteiger partial charge in [0, 0.05) is 30.1 Å². The summed E-state index contributed by atoms with van der Waals surface area (Å²) >= 11 is 3.66. The van der Waals surface area contributed by atoms with Crippen LogP contribution in [0, 0.1) is 0 Å². The first-order chi connectivity index (χ1) is 10.3. The van der Waals surface area contributed by atoms with Gasteiger partial charge in [0.1, 0.15) is 0 Å². The van der Waals surface area contributed by atoms with Crippen molar-refractivity contribution in [3.05, 3.63) is 69.7 Å². The number of rotatable bonds is 5. The van der Waals surface area contributed by atoms with Crippen molar-refractivity contribution in [2.24, 2.45) is 0 Å². The molecular weight excluding hydrogens is 324 g/mol. The maximum Gasteiger partial charge on any atom is 0.0341 e. The van der Waals surface area contributed by atoms with E-state index in [0.29, 0.717) is 6.04 Å². The third-order valence-electron chi connectivity index (χ3n) is 4.27. The van der Waals surface area contributed by atoms with E-state index in [1.807, 2.05) is 7.05 Å². The fraction of sp³-hybridized carbons (Fsp3) is 0.333. The highest BCUT2D eigenvalue weighted by molar-refractivity contribution is 9.10. The van der Waals surface area contributed by atoms with Crippen LogP contribution in [-0.2, 0) is 13.1 Å². The molecule has 1 atom stereocenters. The van der Waals surface area contributed by atoms with Gasteiger partial charge in [-0.15, -0.1) is 0 Å². The molecule has 0 aliphatic carbocycles. The summed E-state index contributed by atoms with van der Waals surface area (Å²) in [5.74, 6) is 0. The molecule has 2 aromatic rings. The zero-order valence-corrected chi connectivity index (χ0v) is 13.9. The fourth-order valence-electron chi connectivity index (χ4n) is 3.09. The predicted molar refractivity (Wildman–Crippen MR) is 91.1 cm³/mol. The maximum atomic E-state index is 3.66. The van der Waals surface area contributed by atoms with Gasteiger partial charge in [-0.05, 0) is 36.2 Å². The van der Waals surface area contributed by atoms with Crippen LogP contribution in [0.5, 0.6) is 0 Å². The van der Waals surface area contributed by atoms with Gasteiger partial charge in [-0.3, -0.25) is 4.90 Å². The first kappa shape index (κ1) is 14.8. The maximum absolute atomic E-state index is 3.66. The zero-order valence-electron chi connectivity index (χ0n) is 12.3. The predicted octanol–water partition coefficient (Wildman–Crippen LogP) is 4.12. The van der Waals surface area contributed by atoms with Crippen LogP contribution in [0.15, 0.2) is 53.0 Å². The first-order valence-electron chi connectivity index (χ1n) is 7.49. The number of nitrogens with zero attached hydrogens (tertiary/aromatic N) is 1. The summed E-state index contributed by atoms with van der Waals surface area (Å²) in [7, 11) is 2.04. The van der Waals surface area contributed by atoms with E-state index < -0.39 is 0 Å². The Hall–Kier alpha value is -1.16. The molecule has 1 aliphatic heterocycles. The SMILES string of the molecule is CNC(CCN1Cc2ccccc2C1)c1ccccc1Br. The van der Waals surface area contributed by atoms with Crippen LogP contribution in [0.4, 0.5) is 0 Å². The second-order valence-electron chi connectivity index (χ2n) is 5.63. The molecule has 0 saturated carbocycles. The lowest BCUT2D eigenvalue weighted by atomic mass is 10.0. The summed E-state index contributed by atoms with van der Waals surface area (Å²) in [6.07, 6.45) is 1.12. The second kappa shape index (κ2) is 6.73. The summed E-state index contributed by atoms with van der Waals surface area (Å²) in [6.45, 7) is 3.28. The number of fused-ring (bicyclic) bond motifs is 1. The summed E-state index contributed by atoms with van der Waals surface area (Å²) in [5.41, 5.74) is 4.32. The molecule has 110 valence electrons. The Balaban J connectivity index is 1.61. The first-order valence-corrected chi connectivity index (χ1v) is 8.28. The minimum absolute atomic E-state index is 0.393. The van der Waals surface area contributed by atoms with E-state index in [2.05, 4.69) is 74.7 Å². The van der Waals surface area contributed by atoms with Gasteiger partial charge < -0.3 is 5.32 Å². The van der Waals surface area contributed by atoms with Crippen molar-refractivity contribution in [1.29, 1.82) is 0 Å². The van der Waals surface area contributed by atoms with Crippen LogP contribution in [0.1, 0.15) is 29.2 Å². The van der Waals surface area contributed by atoms with Crippen molar-refractivity contribution in [3.63, 3.8) is 0 Å². The largest absolute Gasteiger partial charge is 0.313 e. The van der Waals surface area contributed by atoms with Crippen LogP contribution < -0.4 is 5.32 Å². The van der Waals surface area contributed by atoms with E-state index in [-0.39, 0.29) is 0 Å². The molecule has 2 nitrogen and oxygen atoms in total. The lowest BCUT2D eigenvalue weighted by molar-refractivity contribution is 0.266. The molecule has 0 aromatic heterocycles. The van der Waals surface area contributed by atoms with Crippen molar-refractivity contribution in [3.8, 4) is 0 Å². The van der Waals surface area contributed by atoms with Gasteiger partial charge >= 0.3 is 0 Å². The fourth-order valence-corrected chi connectivity index (χ4v) is 3.65. The van der Waals surface area contributed by atoms with Crippen LogP contribution in [-0.4, -0.2) is 18.5 Å². The Labute approximate surface area is 135 Å². The van der Waals surface area contributed by atoms with Crippen molar-refractivity contribution in [2.75, 3.05) is 13.6 Å². The molecule has 3 heteroatoms. The highest BCUT2D eigenvalue weighted by atomic mass is 79.9. The average molecular weight is 345 g/mol. The van der Waals surface area contributed by atoms with Crippen LogP contribution in [0.3, 0.4) is 0 Å². The Morgan fingerprint density at radius 2 is 1.67 bits per heavy atom. The van der Waals surface area contributed by atoms with Crippen LogP contribution >= 0.6 is 15.9 Å². The minimum atomic E-state index is 0.393. The number of benzene rings is 2. The molecule has 1 heterocycles. The second-order valence-corrected chi connectivity index (χ2v) is 6.49. The standard InChI is InChI=1S/C18H21BrN2/c1-20-18(16-8-4-5-9-17(16)19)10-11-21-12-14-6-2-3-7-15(14)13-21/h2-9,18,20H,10-13H2,1H3. The van der Waals surface area contributed by atoms with E-state index in [1.54, 1.807) is 0 Å². The van der Waals surface area contributed by atoms with Gasteiger partial charge in [0.15, 0.2) is 0 Å². The van der Waals surface area contributed by atoms with Gasteiger partial charge in [0.05, 0.1) is 0 Å². The quantitative estimate of drug-likeness (QED) is 0.877. The topological polar surface area (TPSA) is 15.3 Å². The lowest BCUT2D eigenvalue weighted by Crippen LogP contribution is -2.25. The third kappa shape index (κ3) is 3.37. The highest BCUT2D eigenvalue weighted by Gasteiger charge is 2.20. The molecule has 2 aromatic carbocycles. The molecule has 0 spiro atoms. The van der Waals surface area contributed by atoms with E-state index in [9.17, 15) is 0 Å². The Morgan fingerprint density at radius 3 is 2.29 bits per heavy atom. The lowest BCUT2D eigenvalue weighted by Gasteiger charge is -2.22. The molecule has 0 fully saturated rings. The number of halogens is 1. The molecule has 0 saturated heterocycles. The van der Waals surface area contributed by atoms with Gasteiger partial charge in [-0.2, -0.15) is 0 Å². The Kier molecular flexibility index (Phi) is 4.73. The van der Waals surface area contributed by atoms with Gasteiger partial charge in [-0.1, -0.05) is 58.4 Å².